The average molecular weight is 176 g/mol. The van der Waals surface area contributed by atoms with Gasteiger partial charge in [0.05, 0.1) is 0 Å². The minimum Gasteiger partial charge on any atom is -0.466 e. The zero-order valence-corrected chi connectivity index (χ0v) is 8.01. The fraction of sp³-hybridized carbons (Fsp3) is 0.500. The van der Waals surface area contributed by atoms with Gasteiger partial charge in [-0.25, -0.2) is 0 Å². The molecule has 0 unspecified atom stereocenters. The molecule has 13 heavy (non-hydrogen) atoms. The van der Waals surface area contributed by atoms with Crippen LogP contribution in [0, 0.1) is 0 Å². The molecule has 0 fully saturated rings. The molecule has 0 amide bonds. The maximum absolute atomic E-state index is 5.76. The van der Waals surface area contributed by atoms with Gasteiger partial charge in [0.2, 0.25) is 0 Å². The molecule has 1 aliphatic rings. The van der Waals surface area contributed by atoms with Crippen LogP contribution in [0.25, 0.3) is 0 Å². The molecule has 1 aliphatic carbocycles. The highest BCUT2D eigenvalue weighted by atomic mass is 16.3. The summed E-state index contributed by atoms with van der Waals surface area (Å²) in [5.41, 5.74) is 1.45. The second-order valence-electron chi connectivity index (χ2n) is 3.70. The maximum atomic E-state index is 5.76. The molecule has 0 spiro atoms. The van der Waals surface area contributed by atoms with E-state index in [0.717, 1.165) is 25.0 Å². The fourth-order valence-electron chi connectivity index (χ4n) is 1.92. The third-order valence-electron chi connectivity index (χ3n) is 2.64. The van der Waals surface area contributed by atoms with Gasteiger partial charge in [0.1, 0.15) is 11.5 Å². The molecular formula is C12H16O. The van der Waals surface area contributed by atoms with Gasteiger partial charge >= 0.3 is 0 Å². The first-order valence-electron chi connectivity index (χ1n) is 5.11. The van der Waals surface area contributed by atoms with Crippen molar-refractivity contribution < 1.29 is 4.42 Å². The first-order valence-corrected chi connectivity index (χ1v) is 5.11. The van der Waals surface area contributed by atoms with Crippen LogP contribution < -0.4 is 0 Å². The quantitative estimate of drug-likeness (QED) is 0.644. The van der Waals surface area contributed by atoms with Crippen LogP contribution in [-0.4, -0.2) is 0 Å². The van der Waals surface area contributed by atoms with Crippen molar-refractivity contribution in [3.8, 4) is 0 Å². The van der Waals surface area contributed by atoms with Crippen LogP contribution in [0.1, 0.15) is 36.3 Å². The van der Waals surface area contributed by atoms with Crippen molar-refractivity contribution in [2.75, 3.05) is 0 Å². The maximum Gasteiger partial charge on any atom is 0.107 e. The van der Waals surface area contributed by atoms with Crippen LogP contribution in [0.4, 0.5) is 0 Å². The van der Waals surface area contributed by atoms with Crippen molar-refractivity contribution in [1.29, 1.82) is 0 Å². The Hall–Kier alpha value is -0.980. The number of aryl methyl sites for hydroxylation is 3. The summed E-state index contributed by atoms with van der Waals surface area (Å²) in [5, 5.41) is 0. The van der Waals surface area contributed by atoms with Gasteiger partial charge in [0, 0.05) is 12.8 Å². The van der Waals surface area contributed by atoms with Gasteiger partial charge in [0.25, 0.3) is 0 Å². The van der Waals surface area contributed by atoms with Crippen molar-refractivity contribution in [3.05, 3.63) is 35.8 Å². The van der Waals surface area contributed by atoms with E-state index in [1.165, 1.54) is 30.6 Å². The molecular weight excluding hydrogens is 160 g/mol. The van der Waals surface area contributed by atoms with Crippen molar-refractivity contribution >= 4 is 0 Å². The Morgan fingerprint density at radius 1 is 1.38 bits per heavy atom. The summed E-state index contributed by atoms with van der Waals surface area (Å²) in [6.45, 7) is 3.72. The number of hydrogen-bond acceptors (Lipinski definition) is 1. The lowest BCUT2D eigenvalue weighted by atomic mass is 9.98. The number of allylic oxidation sites excluding steroid dienone is 1. The van der Waals surface area contributed by atoms with Gasteiger partial charge in [-0.05, 0) is 37.3 Å². The number of furan rings is 1. The highest BCUT2D eigenvalue weighted by molar-refractivity contribution is 5.24. The van der Waals surface area contributed by atoms with Gasteiger partial charge in [0.15, 0.2) is 0 Å². The Balaban J connectivity index is 2.11. The zero-order valence-electron chi connectivity index (χ0n) is 8.01. The highest BCUT2D eigenvalue weighted by Gasteiger charge is 2.14. The summed E-state index contributed by atoms with van der Waals surface area (Å²) in [5.74, 6) is 2.39. The van der Waals surface area contributed by atoms with Gasteiger partial charge in [-0.2, -0.15) is 0 Å². The highest BCUT2D eigenvalue weighted by Crippen LogP contribution is 2.25. The third-order valence-corrected chi connectivity index (χ3v) is 2.64. The predicted octanol–water partition coefficient (Wildman–Crippen LogP) is 3.28. The van der Waals surface area contributed by atoms with Crippen LogP contribution in [-0.2, 0) is 19.3 Å². The predicted molar refractivity (Wildman–Crippen MR) is 53.9 cm³/mol. The van der Waals surface area contributed by atoms with Crippen LogP contribution in [0.5, 0.6) is 0 Å². The summed E-state index contributed by atoms with van der Waals surface area (Å²) in [6, 6.07) is 2.23. The van der Waals surface area contributed by atoms with E-state index in [1.54, 1.807) is 0 Å². The van der Waals surface area contributed by atoms with Crippen LogP contribution in [0.3, 0.4) is 0 Å². The monoisotopic (exact) mass is 176 g/mol. The molecule has 70 valence electrons. The van der Waals surface area contributed by atoms with Crippen LogP contribution >= 0.6 is 0 Å². The minimum absolute atomic E-state index is 1.01. The molecule has 0 saturated carbocycles. The molecule has 0 bridgehead atoms. The second kappa shape index (κ2) is 3.82. The summed E-state index contributed by atoms with van der Waals surface area (Å²) in [7, 11) is 0. The van der Waals surface area contributed by atoms with Crippen molar-refractivity contribution in [2.45, 2.75) is 38.5 Å². The molecule has 1 heterocycles. The Morgan fingerprint density at radius 3 is 3.00 bits per heavy atom. The minimum atomic E-state index is 1.01. The van der Waals surface area contributed by atoms with Crippen molar-refractivity contribution in [2.24, 2.45) is 0 Å². The van der Waals surface area contributed by atoms with E-state index < -0.39 is 0 Å². The summed E-state index contributed by atoms with van der Waals surface area (Å²) >= 11 is 0. The van der Waals surface area contributed by atoms with Crippen molar-refractivity contribution in [1.82, 2.24) is 0 Å². The SMILES string of the molecule is C=CCCc1cc2c(o1)CCCC2. The lowest BCUT2D eigenvalue weighted by Crippen LogP contribution is -1.97. The number of hydrogen-bond donors (Lipinski definition) is 0. The molecule has 0 radical (unpaired) electrons. The molecule has 0 atom stereocenters. The molecule has 0 aromatic carbocycles. The molecule has 1 nitrogen and oxygen atoms in total. The van der Waals surface area contributed by atoms with E-state index in [9.17, 15) is 0 Å². The van der Waals surface area contributed by atoms with E-state index in [0.29, 0.717) is 0 Å². The zero-order chi connectivity index (χ0) is 9.10. The molecule has 0 aliphatic heterocycles. The second-order valence-corrected chi connectivity index (χ2v) is 3.70. The number of fused-ring (bicyclic) bond motifs is 1. The largest absolute Gasteiger partial charge is 0.466 e. The summed E-state index contributed by atoms with van der Waals surface area (Å²) in [6.07, 6.45) is 8.95. The molecule has 2 rings (SSSR count). The summed E-state index contributed by atoms with van der Waals surface area (Å²) < 4.78 is 5.76. The van der Waals surface area contributed by atoms with E-state index in [4.69, 9.17) is 4.42 Å². The van der Waals surface area contributed by atoms with Gasteiger partial charge in [-0.15, -0.1) is 6.58 Å². The first kappa shape index (κ1) is 8.61. The van der Waals surface area contributed by atoms with Gasteiger partial charge < -0.3 is 4.42 Å². The molecule has 0 saturated heterocycles. The Kier molecular flexibility index (Phi) is 2.53. The Morgan fingerprint density at radius 2 is 2.23 bits per heavy atom. The number of rotatable bonds is 3. The standard InChI is InChI=1S/C12H16O/c1-2-3-7-11-9-10-6-4-5-8-12(10)13-11/h2,9H,1,3-8H2. The topological polar surface area (TPSA) is 13.1 Å². The third kappa shape index (κ3) is 1.85. The van der Waals surface area contributed by atoms with Crippen molar-refractivity contribution in [3.63, 3.8) is 0 Å². The first-order chi connectivity index (χ1) is 6.40. The fourth-order valence-corrected chi connectivity index (χ4v) is 1.92. The molecule has 1 heteroatoms. The van der Waals surface area contributed by atoms with Gasteiger partial charge in [-0.1, -0.05) is 6.08 Å². The lowest BCUT2D eigenvalue weighted by Gasteiger charge is -2.07. The van der Waals surface area contributed by atoms with Crippen LogP contribution in [0.15, 0.2) is 23.1 Å². The van der Waals surface area contributed by atoms with E-state index in [-0.39, 0.29) is 0 Å². The molecule has 0 N–H and O–H groups in total. The Labute approximate surface area is 79.4 Å². The van der Waals surface area contributed by atoms with Crippen LogP contribution in [0.2, 0.25) is 0 Å². The smallest absolute Gasteiger partial charge is 0.107 e. The lowest BCUT2D eigenvalue weighted by molar-refractivity contribution is 0.444. The van der Waals surface area contributed by atoms with E-state index in [2.05, 4.69) is 12.6 Å². The summed E-state index contributed by atoms with van der Waals surface area (Å²) in [4.78, 5) is 0. The van der Waals surface area contributed by atoms with Gasteiger partial charge in [-0.3, -0.25) is 0 Å². The normalized spacial score (nSPS) is 15.4. The molecule has 1 aromatic heterocycles. The van der Waals surface area contributed by atoms with E-state index in [1.807, 2.05) is 6.08 Å². The Bertz CT molecular complexity index is 273. The molecule has 1 aromatic rings. The van der Waals surface area contributed by atoms with E-state index >= 15 is 0 Å². The average Bonchev–Trinajstić information content (AvgIpc) is 2.57.